The molecule has 0 aliphatic heterocycles. The Morgan fingerprint density at radius 3 is 1.88 bits per heavy atom. The molecule has 2 atom stereocenters. The Hall–Kier alpha value is -5.80. The van der Waals surface area contributed by atoms with Crippen LogP contribution in [0.3, 0.4) is 0 Å². The van der Waals surface area contributed by atoms with E-state index in [1.807, 2.05) is 60.6 Å². The molecule has 0 amide bonds. The molecule has 7 rings (SSSR count). The van der Waals surface area contributed by atoms with Crippen molar-refractivity contribution in [3.63, 3.8) is 0 Å². The predicted molar refractivity (Wildman–Crippen MR) is 300 cm³/mol. The van der Waals surface area contributed by atoms with Gasteiger partial charge in [0.1, 0.15) is 35.3 Å². The van der Waals surface area contributed by atoms with E-state index in [1.165, 1.54) is 17.7 Å². The van der Waals surface area contributed by atoms with Crippen molar-refractivity contribution in [2.24, 2.45) is 9.98 Å². The van der Waals surface area contributed by atoms with Gasteiger partial charge in [0.05, 0.1) is 29.8 Å². The molecule has 1 aliphatic rings. The normalized spacial score (nSPS) is 15.4. The van der Waals surface area contributed by atoms with Crippen molar-refractivity contribution in [2.45, 2.75) is 174 Å². The Labute approximate surface area is 457 Å². The van der Waals surface area contributed by atoms with Crippen LogP contribution in [0.15, 0.2) is 112 Å². The smallest absolute Gasteiger partial charge is 0.294 e. The summed E-state index contributed by atoms with van der Waals surface area (Å²) in [6.07, 6.45) is 12.2. The number of hydrogen-bond acceptors (Lipinski definition) is 10. The third kappa shape index (κ3) is 16.8. The van der Waals surface area contributed by atoms with Gasteiger partial charge in [-0.25, -0.2) is 0 Å². The summed E-state index contributed by atoms with van der Waals surface area (Å²) in [7, 11) is -4.02. The second-order valence-corrected chi connectivity index (χ2v) is 24.1. The van der Waals surface area contributed by atoms with E-state index in [-0.39, 0.29) is 55.8 Å². The van der Waals surface area contributed by atoms with Gasteiger partial charge in [-0.15, -0.1) is 5.10 Å². The first-order chi connectivity index (χ1) is 34.8. The first-order valence-corrected chi connectivity index (χ1v) is 27.4. The zero-order valence-corrected chi connectivity index (χ0v) is 47.9. The molecule has 1 radical (unpaired) electrons. The van der Waals surface area contributed by atoms with Crippen LogP contribution < -0.4 is 9.47 Å². The molecule has 5 aromatic carbocycles. The summed E-state index contributed by atoms with van der Waals surface area (Å²) in [4.78, 5) is 10.1. The summed E-state index contributed by atoms with van der Waals surface area (Å²) in [6.45, 7) is 27.2. The van der Waals surface area contributed by atoms with Crippen LogP contribution in [-0.4, -0.2) is 69.3 Å². The Kier molecular flexibility index (Phi) is 20.7. The summed E-state index contributed by atoms with van der Waals surface area (Å²) in [5.74, 6) is 2.32. The van der Waals surface area contributed by atoms with Crippen molar-refractivity contribution >= 4 is 22.5 Å². The van der Waals surface area contributed by atoms with Gasteiger partial charge in [0.15, 0.2) is 0 Å². The Morgan fingerprint density at radius 2 is 1.32 bits per heavy atom. The number of rotatable bonds is 16. The van der Waals surface area contributed by atoms with Crippen LogP contribution in [0.4, 0.5) is 0 Å². The molecule has 1 aromatic heterocycles. The van der Waals surface area contributed by atoms with Gasteiger partial charge in [0, 0.05) is 63.6 Å². The first kappa shape index (κ1) is 60.1. The standard InChI is InChI=1S/C54H71N5O4.C7H8O3S.Co/c1-12-38-29-43(63-35-37-20-14-13-15-21-37)26-36(2)51(38)62-25-19-18-24-59-34-48(57-58-59)39-27-40(49(60)44(30-39)53(6,7)8)32-55-46-22-16-17-23-47(46)56-33-41-28-42(52(3,4)5)31-45(50(41)61)54(9,10)11;1-6-2-4-7(5-3-6)11(8,9)10;/h13-15,20-21,26-34,46-47,60-61H,12,16-19,22-25,35H2,1-11H3;2-5H,1H3,(H,8,9,10);/t46-,47-;;/m0../s1. The molecular formula is C61H79CoN5O7S. The van der Waals surface area contributed by atoms with Crippen LogP contribution in [0, 0.1) is 13.8 Å². The number of hydrogen-bond donors (Lipinski definition) is 3. The number of aliphatic imine (C=N–C) groups is 2. The summed E-state index contributed by atoms with van der Waals surface area (Å²) in [6, 6.07) is 28.5. The molecule has 14 heteroatoms. The van der Waals surface area contributed by atoms with Gasteiger partial charge in [-0.3, -0.25) is 19.2 Å². The quantitative estimate of drug-likeness (QED) is 0.0485. The Bertz CT molecular complexity index is 3000. The van der Waals surface area contributed by atoms with E-state index >= 15 is 0 Å². The van der Waals surface area contributed by atoms with Gasteiger partial charge in [-0.2, -0.15) is 8.42 Å². The molecule has 0 saturated heterocycles. The van der Waals surface area contributed by atoms with Gasteiger partial charge in [0.2, 0.25) is 0 Å². The minimum absolute atomic E-state index is 0. The van der Waals surface area contributed by atoms with Gasteiger partial charge in [-0.05, 0) is 127 Å². The van der Waals surface area contributed by atoms with Crippen LogP contribution >= 0.6 is 0 Å². The van der Waals surface area contributed by atoms with E-state index in [0.717, 1.165) is 107 Å². The van der Waals surface area contributed by atoms with Crippen molar-refractivity contribution in [3.8, 4) is 34.3 Å². The van der Waals surface area contributed by atoms with E-state index in [2.05, 4.69) is 123 Å². The molecule has 3 N–H and O–H groups in total. The van der Waals surface area contributed by atoms with E-state index in [4.69, 9.17) is 24.0 Å². The van der Waals surface area contributed by atoms with Gasteiger partial charge in [0.25, 0.3) is 10.1 Å². The molecular weight excluding hydrogens is 1010 g/mol. The molecule has 12 nitrogen and oxygen atoms in total. The second kappa shape index (κ2) is 25.8. The topological polar surface area (TPSA) is 169 Å². The number of aromatic hydroxyl groups is 2. The fraction of sp³-hybridized carbons (Fsp3) is 0.443. The Balaban J connectivity index is 0.000000769. The maximum Gasteiger partial charge on any atom is 0.294 e. The molecule has 0 bridgehead atoms. The van der Waals surface area contributed by atoms with Crippen LogP contribution in [0.1, 0.15) is 158 Å². The SMILES string of the molecule is CCc1cc(OCc2ccccc2)cc(C)c1OCCCCn1cc(-c2cc(C=N[C@H]3CCCC[C@@H]3N=Cc3cc(C(C)(C)C)cc(C(C)(C)C)c3O)c(O)c(C(C)(C)C)c2)nn1.Cc1ccc(S(=O)(=O)O)cc1.[Co]. The summed E-state index contributed by atoms with van der Waals surface area (Å²) < 4.78 is 43.9. The number of phenols is 2. The Morgan fingerprint density at radius 1 is 0.733 bits per heavy atom. The third-order valence-electron chi connectivity index (χ3n) is 13.4. The number of unbranched alkanes of at least 4 members (excludes halogenated alkanes) is 1. The van der Waals surface area contributed by atoms with E-state index < -0.39 is 10.1 Å². The minimum atomic E-state index is -4.02. The maximum atomic E-state index is 11.6. The number of aryl methyl sites for hydroxylation is 4. The van der Waals surface area contributed by atoms with Crippen LogP contribution in [0.25, 0.3) is 11.3 Å². The molecule has 0 spiro atoms. The van der Waals surface area contributed by atoms with Crippen LogP contribution in [0.5, 0.6) is 23.0 Å². The predicted octanol–water partition coefficient (Wildman–Crippen LogP) is 13.6. The number of aromatic nitrogens is 3. The van der Waals surface area contributed by atoms with Crippen molar-refractivity contribution in [1.29, 1.82) is 0 Å². The monoisotopic (exact) mass is 1080 g/mol. The van der Waals surface area contributed by atoms with E-state index in [1.54, 1.807) is 12.1 Å². The minimum Gasteiger partial charge on any atom is -0.507 e. The van der Waals surface area contributed by atoms with Gasteiger partial charge < -0.3 is 19.7 Å². The first-order valence-electron chi connectivity index (χ1n) is 26.0. The number of benzene rings is 5. The molecule has 75 heavy (non-hydrogen) atoms. The zero-order valence-electron chi connectivity index (χ0n) is 46.1. The summed E-state index contributed by atoms with van der Waals surface area (Å²) in [5.41, 5.74) is 9.65. The molecule has 1 saturated carbocycles. The summed E-state index contributed by atoms with van der Waals surface area (Å²) in [5, 5.41) is 32.1. The molecule has 1 heterocycles. The van der Waals surface area contributed by atoms with Crippen LogP contribution in [0.2, 0.25) is 0 Å². The zero-order chi connectivity index (χ0) is 54.0. The van der Waals surface area contributed by atoms with E-state index in [0.29, 0.717) is 31.1 Å². The number of phenolic OH excluding ortho intramolecular Hbond substituents is 2. The van der Waals surface area contributed by atoms with Gasteiger partial charge in [-0.1, -0.05) is 141 Å². The van der Waals surface area contributed by atoms with Crippen molar-refractivity contribution in [2.75, 3.05) is 6.61 Å². The number of ether oxygens (including phenoxy) is 2. The van der Waals surface area contributed by atoms with Crippen LogP contribution in [-0.2, 0) is 62.7 Å². The fourth-order valence-corrected chi connectivity index (χ4v) is 9.41. The number of nitrogens with zero attached hydrogens (tertiary/aromatic N) is 5. The molecule has 405 valence electrons. The average molecular weight is 1090 g/mol. The van der Waals surface area contributed by atoms with E-state index in [9.17, 15) is 18.6 Å². The molecule has 1 fully saturated rings. The largest absolute Gasteiger partial charge is 0.507 e. The van der Waals surface area contributed by atoms with Gasteiger partial charge >= 0.3 is 0 Å². The molecule has 6 aromatic rings. The molecule has 1 aliphatic carbocycles. The fourth-order valence-electron chi connectivity index (χ4n) is 8.93. The van der Waals surface area contributed by atoms with Crippen molar-refractivity contribution < 1.29 is 49.4 Å². The third-order valence-corrected chi connectivity index (χ3v) is 14.3. The average Bonchev–Trinajstić information content (AvgIpc) is 3.81. The maximum absolute atomic E-state index is 11.6. The van der Waals surface area contributed by atoms with Crippen molar-refractivity contribution in [1.82, 2.24) is 15.0 Å². The molecule has 0 unspecified atom stereocenters. The second-order valence-electron chi connectivity index (χ2n) is 22.7. The van der Waals surface area contributed by atoms with Crippen molar-refractivity contribution in [3.05, 3.63) is 147 Å². The summed E-state index contributed by atoms with van der Waals surface area (Å²) >= 11 is 0.